The van der Waals surface area contributed by atoms with E-state index in [1.165, 1.54) is 0 Å². The second-order valence-electron chi connectivity index (χ2n) is 3.29. The van der Waals surface area contributed by atoms with E-state index >= 15 is 0 Å². The highest BCUT2D eigenvalue weighted by molar-refractivity contribution is 9.10. The van der Waals surface area contributed by atoms with Crippen molar-refractivity contribution in [1.29, 1.82) is 0 Å². The maximum atomic E-state index is 5.45. The molecule has 0 saturated heterocycles. The second kappa shape index (κ2) is 4.24. The Labute approximate surface area is 96.6 Å². The molecule has 80 valence electrons. The summed E-state index contributed by atoms with van der Waals surface area (Å²) < 4.78 is 11.7. The van der Waals surface area contributed by atoms with Gasteiger partial charge in [-0.25, -0.2) is 0 Å². The molecule has 2 aromatic heterocycles. The van der Waals surface area contributed by atoms with E-state index in [1.807, 2.05) is 26.1 Å². The summed E-state index contributed by atoms with van der Waals surface area (Å²) in [6.45, 7) is 1.94. The minimum Gasteiger partial charge on any atom is -0.469 e. The van der Waals surface area contributed by atoms with E-state index < -0.39 is 0 Å². The third kappa shape index (κ3) is 1.87. The third-order valence-corrected chi connectivity index (χ3v) is 3.06. The molecule has 0 radical (unpaired) electrons. The average Bonchev–Trinajstić information content (AvgIpc) is 2.80. The number of aryl methyl sites for hydroxylation is 1. The summed E-state index contributed by atoms with van der Waals surface area (Å²) in [6.07, 6.45) is 3.35. The van der Waals surface area contributed by atoms with Gasteiger partial charge in [0.2, 0.25) is 0 Å². The first-order valence-corrected chi connectivity index (χ1v) is 5.47. The summed E-state index contributed by atoms with van der Waals surface area (Å²) in [4.78, 5) is 0. The highest BCUT2D eigenvalue weighted by atomic mass is 79.9. The molecular formula is C11H12BrNO2. The monoisotopic (exact) mass is 269 g/mol. The van der Waals surface area contributed by atoms with Gasteiger partial charge >= 0.3 is 0 Å². The fourth-order valence-corrected chi connectivity index (χ4v) is 2.06. The molecule has 2 heterocycles. The van der Waals surface area contributed by atoms with Crippen molar-refractivity contribution in [3.8, 4) is 0 Å². The first-order valence-electron chi connectivity index (χ1n) is 4.68. The zero-order chi connectivity index (χ0) is 10.8. The predicted molar refractivity (Wildman–Crippen MR) is 60.8 cm³/mol. The lowest BCUT2D eigenvalue weighted by molar-refractivity contribution is 0.453. The van der Waals surface area contributed by atoms with Crippen LogP contribution < -0.4 is 5.32 Å². The smallest absolute Gasteiger partial charge is 0.139 e. The Morgan fingerprint density at radius 3 is 2.47 bits per heavy atom. The Morgan fingerprint density at radius 2 is 2.00 bits per heavy atom. The molecule has 1 N–H and O–H groups in total. The van der Waals surface area contributed by atoms with Crippen LogP contribution in [0.2, 0.25) is 0 Å². The molecule has 3 nitrogen and oxygen atoms in total. The zero-order valence-corrected chi connectivity index (χ0v) is 10.2. The number of rotatable bonds is 3. The summed E-state index contributed by atoms with van der Waals surface area (Å²) in [5, 5.41) is 3.20. The molecule has 2 rings (SSSR count). The Bertz CT molecular complexity index is 407. The molecule has 15 heavy (non-hydrogen) atoms. The van der Waals surface area contributed by atoms with Crippen LogP contribution in [0.3, 0.4) is 0 Å². The molecule has 0 aliphatic rings. The van der Waals surface area contributed by atoms with Gasteiger partial charge in [-0.05, 0) is 42.0 Å². The molecular weight excluding hydrogens is 258 g/mol. The van der Waals surface area contributed by atoms with E-state index in [9.17, 15) is 0 Å². The van der Waals surface area contributed by atoms with Crippen LogP contribution in [0.25, 0.3) is 0 Å². The van der Waals surface area contributed by atoms with Crippen LogP contribution in [0.15, 0.2) is 38.0 Å². The fraction of sp³-hybridized carbons (Fsp3) is 0.273. The van der Waals surface area contributed by atoms with Crippen LogP contribution in [-0.2, 0) is 0 Å². The van der Waals surface area contributed by atoms with Gasteiger partial charge < -0.3 is 14.2 Å². The van der Waals surface area contributed by atoms with E-state index in [0.29, 0.717) is 0 Å². The SMILES string of the molecule is CNC(c1ccoc1C)c1occc1Br. The highest BCUT2D eigenvalue weighted by Crippen LogP contribution is 2.31. The maximum absolute atomic E-state index is 5.45. The highest BCUT2D eigenvalue weighted by Gasteiger charge is 2.21. The van der Waals surface area contributed by atoms with Gasteiger partial charge in [-0.15, -0.1) is 0 Å². The Hall–Kier alpha value is -1.00. The number of hydrogen-bond donors (Lipinski definition) is 1. The molecule has 0 aliphatic carbocycles. The van der Waals surface area contributed by atoms with Gasteiger partial charge in [0.1, 0.15) is 11.5 Å². The van der Waals surface area contributed by atoms with Crippen molar-refractivity contribution in [3.63, 3.8) is 0 Å². The van der Waals surface area contributed by atoms with Gasteiger partial charge in [0.15, 0.2) is 0 Å². The van der Waals surface area contributed by atoms with Gasteiger partial charge in [0.05, 0.1) is 23.0 Å². The van der Waals surface area contributed by atoms with Crippen LogP contribution in [-0.4, -0.2) is 7.05 Å². The van der Waals surface area contributed by atoms with Gasteiger partial charge in [-0.1, -0.05) is 0 Å². The molecule has 1 unspecified atom stereocenters. The topological polar surface area (TPSA) is 38.3 Å². The van der Waals surface area contributed by atoms with Crippen LogP contribution in [0, 0.1) is 6.92 Å². The first-order chi connectivity index (χ1) is 7.24. The zero-order valence-electron chi connectivity index (χ0n) is 8.58. The molecule has 4 heteroatoms. The van der Waals surface area contributed by atoms with Crippen molar-refractivity contribution in [3.05, 3.63) is 46.2 Å². The maximum Gasteiger partial charge on any atom is 0.139 e. The fourth-order valence-electron chi connectivity index (χ4n) is 1.63. The van der Waals surface area contributed by atoms with Crippen molar-refractivity contribution in [1.82, 2.24) is 5.32 Å². The number of hydrogen-bond acceptors (Lipinski definition) is 3. The van der Waals surface area contributed by atoms with Crippen LogP contribution in [0.5, 0.6) is 0 Å². The molecule has 0 aliphatic heterocycles. The summed E-state index contributed by atoms with van der Waals surface area (Å²) >= 11 is 3.45. The second-order valence-corrected chi connectivity index (χ2v) is 4.14. The van der Waals surface area contributed by atoms with Gasteiger partial charge in [0.25, 0.3) is 0 Å². The number of halogens is 1. The lowest BCUT2D eigenvalue weighted by Crippen LogP contribution is -2.17. The van der Waals surface area contributed by atoms with Crippen LogP contribution in [0.4, 0.5) is 0 Å². The van der Waals surface area contributed by atoms with E-state index in [2.05, 4.69) is 21.2 Å². The summed E-state index contributed by atoms with van der Waals surface area (Å²) in [6, 6.07) is 3.86. The van der Waals surface area contributed by atoms with Crippen LogP contribution in [0.1, 0.15) is 23.1 Å². The minimum absolute atomic E-state index is 0.0214. The minimum atomic E-state index is 0.0214. The molecule has 0 spiro atoms. The Kier molecular flexibility index (Phi) is 2.98. The quantitative estimate of drug-likeness (QED) is 0.930. The number of furan rings is 2. The number of nitrogens with one attached hydrogen (secondary N) is 1. The molecule has 0 aromatic carbocycles. The Balaban J connectivity index is 2.41. The lowest BCUT2D eigenvalue weighted by atomic mass is 10.1. The standard InChI is InChI=1S/C11H12BrNO2/c1-7-8(3-5-14-7)10(13-2)11-9(12)4-6-15-11/h3-6,10,13H,1-2H3. The summed E-state index contributed by atoms with van der Waals surface area (Å²) in [7, 11) is 1.89. The van der Waals surface area contributed by atoms with Crippen molar-refractivity contribution < 1.29 is 8.83 Å². The predicted octanol–water partition coefficient (Wildman–Crippen LogP) is 3.25. The normalized spacial score (nSPS) is 13.0. The third-order valence-electron chi connectivity index (χ3n) is 2.41. The van der Waals surface area contributed by atoms with E-state index in [-0.39, 0.29) is 6.04 Å². The molecule has 0 bridgehead atoms. The molecule has 0 amide bonds. The van der Waals surface area contributed by atoms with Crippen molar-refractivity contribution in [2.75, 3.05) is 7.05 Å². The molecule has 0 saturated carbocycles. The van der Waals surface area contributed by atoms with Crippen molar-refractivity contribution in [2.24, 2.45) is 0 Å². The van der Waals surface area contributed by atoms with Crippen molar-refractivity contribution in [2.45, 2.75) is 13.0 Å². The van der Waals surface area contributed by atoms with Crippen molar-refractivity contribution >= 4 is 15.9 Å². The van der Waals surface area contributed by atoms with E-state index in [4.69, 9.17) is 8.83 Å². The van der Waals surface area contributed by atoms with Crippen LogP contribution >= 0.6 is 15.9 Å². The average molecular weight is 270 g/mol. The summed E-state index contributed by atoms with van der Waals surface area (Å²) in [5.41, 5.74) is 1.09. The molecule has 0 fully saturated rings. The Morgan fingerprint density at radius 1 is 1.27 bits per heavy atom. The van der Waals surface area contributed by atoms with E-state index in [0.717, 1.165) is 21.6 Å². The van der Waals surface area contributed by atoms with Gasteiger partial charge in [-0.2, -0.15) is 0 Å². The van der Waals surface area contributed by atoms with E-state index in [1.54, 1.807) is 12.5 Å². The first kappa shape index (κ1) is 10.5. The summed E-state index contributed by atoms with van der Waals surface area (Å²) in [5.74, 6) is 1.76. The molecule has 2 aromatic rings. The van der Waals surface area contributed by atoms with Gasteiger partial charge in [0, 0.05) is 5.56 Å². The molecule has 1 atom stereocenters. The lowest BCUT2D eigenvalue weighted by Gasteiger charge is -2.13. The largest absolute Gasteiger partial charge is 0.469 e. The van der Waals surface area contributed by atoms with Gasteiger partial charge in [-0.3, -0.25) is 0 Å².